The molecule has 0 radical (unpaired) electrons. The smallest absolute Gasteiger partial charge is 0.251 e. The van der Waals surface area contributed by atoms with Crippen LogP contribution in [0.15, 0.2) is 42.7 Å². The maximum absolute atomic E-state index is 12.8. The van der Waals surface area contributed by atoms with E-state index in [1.807, 2.05) is 18.2 Å². The van der Waals surface area contributed by atoms with Crippen LogP contribution in [-0.4, -0.2) is 37.1 Å². The molecule has 1 fully saturated rings. The van der Waals surface area contributed by atoms with Crippen molar-refractivity contribution in [1.29, 1.82) is 0 Å². The van der Waals surface area contributed by atoms with Gasteiger partial charge in [0.1, 0.15) is 0 Å². The van der Waals surface area contributed by atoms with Gasteiger partial charge in [-0.2, -0.15) is 0 Å². The molecule has 2 amide bonds. The number of rotatable bonds is 7. The predicted molar refractivity (Wildman–Crippen MR) is 104 cm³/mol. The minimum absolute atomic E-state index is 0.0672. The van der Waals surface area contributed by atoms with Crippen molar-refractivity contribution in [1.82, 2.24) is 15.6 Å². The van der Waals surface area contributed by atoms with Crippen LogP contribution in [0.2, 0.25) is 0 Å². The molecule has 1 aliphatic carbocycles. The van der Waals surface area contributed by atoms with Gasteiger partial charge in [0.05, 0.1) is 20.1 Å². The van der Waals surface area contributed by atoms with Gasteiger partial charge in [-0.3, -0.25) is 14.6 Å². The quantitative estimate of drug-likeness (QED) is 0.766. The largest absolute Gasteiger partial charge is 0.493 e. The highest BCUT2D eigenvalue weighted by Gasteiger charge is 2.34. The summed E-state index contributed by atoms with van der Waals surface area (Å²) in [6.45, 7) is 0.334. The molecule has 2 N–H and O–H groups in total. The van der Waals surface area contributed by atoms with Crippen LogP contribution < -0.4 is 20.1 Å². The molecule has 7 nitrogen and oxygen atoms in total. The van der Waals surface area contributed by atoms with Gasteiger partial charge in [-0.15, -0.1) is 0 Å². The lowest BCUT2D eigenvalue weighted by Crippen LogP contribution is -2.43. The summed E-state index contributed by atoms with van der Waals surface area (Å²) in [5.74, 6) is 0.739. The molecule has 2 atom stereocenters. The number of hydrogen-bond donors (Lipinski definition) is 2. The standard InChI is InChI=1S/C21H25N3O4/c1-27-18-8-3-5-15(19(18)28-2)13-23-21(26)16-6-4-7-17(16)24-20(25)14-9-11-22-12-10-14/h3,5,8-12,16-17H,4,6-7,13H2,1-2H3,(H,23,26)(H,24,25)/t16-,17+/m0/s1. The maximum Gasteiger partial charge on any atom is 0.251 e. The van der Waals surface area contributed by atoms with E-state index in [1.54, 1.807) is 38.7 Å². The van der Waals surface area contributed by atoms with E-state index in [4.69, 9.17) is 9.47 Å². The highest BCUT2D eigenvalue weighted by atomic mass is 16.5. The first-order valence-corrected chi connectivity index (χ1v) is 9.32. The number of para-hydroxylation sites is 1. The van der Waals surface area contributed by atoms with Crippen molar-refractivity contribution in [2.45, 2.75) is 31.8 Å². The number of nitrogens with one attached hydrogen (secondary N) is 2. The second-order valence-electron chi connectivity index (χ2n) is 6.72. The van der Waals surface area contributed by atoms with Gasteiger partial charge in [-0.25, -0.2) is 0 Å². The van der Waals surface area contributed by atoms with Gasteiger partial charge in [-0.05, 0) is 31.0 Å². The van der Waals surface area contributed by atoms with Crippen molar-refractivity contribution in [2.75, 3.05) is 14.2 Å². The molecule has 1 aromatic heterocycles. The molecule has 1 saturated carbocycles. The second kappa shape index (κ2) is 9.21. The van der Waals surface area contributed by atoms with Crippen molar-refractivity contribution >= 4 is 11.8 Å². The van der Waals surface area contributed by atoms with Gasteiger partial charge in [0.25, 0.3) is 5.91 Å². The van der Waals surface area contributed by atoms with E-state index in [9.17, 15) is 9.59 Å². The van der Waals surface area contributed by atoms with E-state index in [0.717, 1.165) is 24.8 Å². The van der Waals surface area contributed by atoms with Crippen LogP contribution in [0.3, 0.4) is 0 Å². The van der Waals surface area contributed by atoms with E-state index in [0.29, 0.717) is 23.6 Å². The molecule has 0 saturated heterocycles. The molecule has 0 bridgehead atoms. The molecule has 1 heterocycles. The van der Waals surface area contributed by atoms with Crippen molar-refractivity contribution in [3.8, 4) is 11.5 Å². The Hall–Kier alpha value is -3.09. The number of hydrogen-bond acceptors (Lipinski definition) is 5. The number of aromatic nitrogens is 1. The summed E-state index contributed by atoms with van der Waals surface area (Å²) >= 11 is 0. The summed E-state index contributed by atoms with van der Waals surface area (Å²) in [5, 5.41) is 5.97. The maximum atomic E-state index is 12.8. The van der Waals surface area contributed by atoms with Gasteiger partial charge >= 0.3 is 0 Å². The lowest BCUT2D eigenvalue weighted by atomic mass is 10.0. The van der Waals surface area contributed by atoms with Gasteiger partial charge in [0.15, 0.2) is 11.5 Å². The molecule has 0 aliphatic heterocycles. The Balaban J connectivity index is 1.62. The molecular formula is C21H25N3O4. The number of carbonyl (C=O) groups excluding carboxylic acids is 2. The van der Waals surface area contributed by atoms with Crippen molar-refractivity contribution in [2.24, 2.45) is 5.92 Å². The fourth-order valence-electron chi connectivity index (χ4n) is 3.61. The molecule has 0 unspecified atom stereocenters. The number of benzene rings is 1. The summed E-state index contributed by atoms with van der Waals surface area (Å²) < 4.78 is 10.7. The normalized spacial score (nSPS) is 18.4. The molecule has 1 aliphatic rings. The number of amides is 2. The zero-order valence-electron chi connectivity index (χ0n) is 16.1. The third kappa shape index (κ3) is 4.42. The predicted octanol–water partition coefficient (Wildman–Crippen LogP) is 2.31. The number of ether oxygens (including phenoxy) is 2. The fourth-order valence-corrected chi connectivity index (χ4v) is 3.61. The van der Waals surface area contributed by atoms with Gasteiger partial charge in [0, 0.05) is 36.1 Å². The highest BCUT2D eigenvalue weighted by Crippen LogP contribution is 2.31. The topological polar surface area (TPSA) is 89.6 Å². The van der Waals surface area contributed by atoms with Crippen LogP contribution >= 0.6 is 0 Å². The number of pyridine rings is 1. The van der Waals surface area contributed by atoms with Crippen LogP contribution in [0.5, 0.6) is 11.5 Å². The van der Waals surface area contributed by atoms with E-state index in [1.165, 1.54) is 0 Å². The van der Waals surface area contributed by atoms with Crippen LogP contribution in [0.1, 0.15) is 35.2 Å². The second-order valence-corrected chi connectivity index (χ2v) is 6.72. The average molecular weight is 383 g/mol. The van der Waals surface area contributed by atoms with E-state index in [2.05, 4.69) is 15.6 Å². The van der Waals surface area contributed by atoms with Crippen LogP contribution in [0, 0.1) is 5.92 Å². The third-order valence-electron chi connectivity index (χ3n) is 5.05. The minimum Gasteiger partial charge on any atom is -0.493 e. The molecule has 0 spiro atoms. The monoisotopic (exact) mass is 383 g/mol. The third-order valence-corrected chi connectivity index (χ3v) is 5.05. The van der Waals surface area contributed by atoms with E-state index < -0.39 is 0 Å². The molecule has 2 aromatic rings. The summed E-state index contributed by atoms with van der Waals surface area (Å²) in [6, 6.07) is 8.71. The molecule has 28 heavy (non-hydrogen) atoms. The van der Waals surface area contributed by atoms with E-state index >= 15 is 0 Å². The summed E-state index contributed by atoms with van der Waals surface area (Å²) in [4.78, 5) is 29.1. The Labute approximate surface area is 164 Å². The Morgan fingerprint density at radius 2 is 1.89 bits per heavy atom. The van der Waals surface area contributed by atoms with Crippen molar-refractivity contribution in [3.05, 3.63) is 53.9 Å². The number of methoxy groups -OCH3 is 2. The molecule has 7 heteroatoms. The average Bonchev–Trinajstić information content (AvgIpc) is 3.20. The van der Waals surface area contributed by atoms with Crippen molar-refractivity contribution < 1.29 is 19.1 Å². The molecular weight excluding hydrogens is 358 g/mol. The highest BCUT2D eigenvalue weighted by molar-refractivity contribution is 5.94. The van der Waals surface area contributed by atoms with Gasteiger partial charge in [-0.1, -0.05) is 18.6 Å². The lowest BCUT2D eigenvalue weighted by molar-refractivity contribution is -0.125. The first kappa shape index (κ1) is 19.7. The van der Waals surface area contributed by atoms with Crippen LogP contribution in [-0.2, 0) is 11.3 Å². The first-order valence-electron chi connectivity index (χ1n) is 9.32. The Morgan fingerprint density at radius 1 is 1.11 bits per heavy atom. The molecule has 1 aromatic carbocycles. The molecule has 148 valence electrons. The summed E-state index contributed by atoms with van der Waals surface area (Å²) in [6.07, 6.45) is 5.60. The summed E-state index contributed by atoms with van der Waals surface area (Å²) in [5.41, 5.74) is 1.38. The summed E-state index contributed by atoms with van der Waals surface area (Å²) in [7, 11) is 3.15. The minimum atomic E-state index is -0.248. The van der Waals surface area contributed by atoms with Gasteiger partial charge < -0.3 is 20.1 Å². The van der Waals surface area contributed by atoms with Crippen LogP contribution in [0.25, 0.3) is 0 Å². The Bertz CT molecular complexity index is 826. The van der Waals surface area contributed by atoms with E-state index in [-0.39, 0.29) is 23.8 Å². The van der Waals surface area contributed by atoms with Crippen LogP contribution in [0.4, 0.5) is 0 Å². The first-order chi connectivity index (χ1) is 13.6. The van der Waals surface area contributed by atoms with Crippen molar-refractivity contribution in [3.63, 3.8) is 0 Å². The van der Waals surface area contributed by atoms with Gasteiger partial charge in [0.2, 0.25) is 5.91 Å². The zero-order chi connectivity index (χ0) is 19.9. The number of nitrogens with zero attached hydrogens (tertiary/aromatic N) is 1. The Kier molecular flexibility index (Phi) is 6.47. The number of carbonyl (C=O) groups is 2. The fraction of sp³-hybridized carbons (Fsp3) is 0.381. The lowest BCUT2D eigenvalue weighted by Gasteiger charge is -2.21. The SMILES string of the molecule is COc1cccc(CNC(=O)[C@H]2CCC[C@H]2NC(=O)c2ccncc2)c1OC. The molecule has 3 rings (SSSR count). The zero-order valence-corrected chi connectivity index (χ0v) is 16.1. The Morgan fingerprint density at radius 3 is 2.61 bits per heavy atom.